The number of amides is 2. The van der Waals surface area contributed by atoms with Crippen LogP contribution in [0.15, 0.2) is 78.9 Å². The van der Waals surface area contributed by atoms with Crippen molar-refractivity contribution in [1.29, 1.82) is 0 Å². The number of carbonyl (C=O) groups excluding carboxylic acids is 2. The summed E-state index contributed by atoms with van der Waals surface area (Å²) >= 11 is 0. The summed E-state index contributed by atoms with van der Waals surface area (Å²) in [5.74, 6) is 1.12. The van der Waals surface area contributed by atoms with E-state index in [1.165, 1.54) is 0 Å². The maximum absolute atomic E-state index is 12.3. The SMILES string of the molecule is COCCCNC(=O)c1cccc(NCC(=O)Nc2ccc(OCCOc3ccccc3)cc2)c1. The molecule has 0 saturated heterocycles. The van der Waals surface area contributed by atoms with E-state index in [0.29, 0.717) is 49.1 Å². The molecule has 0 atom stereocenters. The number of benzene rings is 3. The van der Waals surface area contributed by atoms with Gasteiger partial charge in [0.05, 0.1) is 6.54 Å². The summed E-state index contributed by atoms with van der Waals surface area (Å²) in [6.07, 6.45) is 0.746. The second kappa shape index (κ2) is 14.3. The molecule has 0 saturated carbocycles. The van der Waals surface area contributed by atoms with E-state index < -0.39 is 0 Å². The van der Waals surface area contributed by atoms with Crippen molar-refractivity contribution in [2.75, 3.05) is 50.7 Å². The third kappa shape index (κ3) is 9.38. The average molecular weight is 478 g/mol. The zero-order valence-electron chi connectivity index (χ0n) is 19.8. The Labute approximate surface area is 205 Å². The Kier molecular flexibility index (Phi) is 10.4. The predicted octanol–water partition coefficient (Wildman–Crippen LogP) is 3.96. The molecule has 3 N–H and O–H groups in total. The van der Waals surface area contributed by atoms with Crippen molar-refractivity contribution in [2.24, 2.45) is 0 Å². The minimum absolute atomic E-state index is 0.0635. The van der Waals surface area contributed by atoms with E-state index in [4.69, 9.17) is 14.2 Å². The van der Waals surface area contributed by atoms with E-state index in [2.05, 4.69) is 16.0 Å². The Bertz CT molecular complexity index is 1060. The molecule has 0 aromatic heterocycles. The van der Waals surface area contributed by atoms with Crippen molar-refractivity contribution >= 4 is 23.2 Å². The van der Waals surface area contributed by atoms with Gasteiger partial charge in [0.25, 0.3) is 5.91 Å². The number of nitrogens with one attached hydrogen (secondary N) is 3. The van der Waals surface area contributed by atoms with E-state index in [-0.39, 0.29) is 18.4 Å². The van der Waals surface area contributed by atoms with Gasteiger partial charge < -0.3 is 30.2 Å². The Balaban J connectivity index is 1.37. The third-order valence-corrected chi connectivity index (χ3v) is 4.89. The number of methoxy groups -OCH3 is 1. The second-order valence-electron chi connectivity index (χ2n) is 7.62. The molecular formula is C27H31N3O5. The molecule has 0 unspecified atom stereocenters. The molecule has 3 rings (SSSR count). The molecule has 2 amide bonds. The van der Waals surface area contributed by atoms with Crippen molar-refractivity contribution in [3.63, 3.8) is 0 Å². The first-order valence-electron chi connectivity index (χ1n) is 11.5. The molecule has 184 valence electrons. The Hall–Kier alpha value is -4.04. The van der Waals surface area contributed by atoms with Gasteiger partial charge in [-0.2, -0.15) is 0 Å². The number of rotatable bonds is 14. The van der Waals surface area contributed by atoms with Crippen molar-refractivity contribution < 1.29 is 23.8 Å². The number of hydrogen-bond donors (Lipinski definition) is 3. The van der Waals surface area contributed by atoms with Gasteiger partial charge in [-0.3, -0.25) is 9.59 Å². The molecule has 0 spiro atoms. The number of hydrogen-bond acceptors (Lipinski definition) is 6. The summed E-state index contributed by atoms with van der Waals surface area (Å²) in [5.41, 5.74) is 1.87. The summed E-state index contributed by atoms with van der Waals surface area (Å²) in [4.78, 5) is 24.6. The Morgan fingerprint density at radius 1 is 0.771 bits per heavy atom. The quantitative estimate of drug-likeness (QED) is 0.304. The maximum Gasteiger partial charge on any atom is 0.251 e. The van der Waals surface area contributed by atoms with Gasteiger partial charge in [0, 0.05) is 37.2 Å². The molecule has 0 bridgehead atoms. The molecule has 3 aromatic rings. The smallest absolute Gasteiger partial charge is 0.251 e. The van der Waals surface area contributed by atoms with Gasteiger partial charge in [-0.05, 0) is 61.0 Å². The van der Waals surface area contributed by atoms with Crippen molar-refractivity contribution in [1.82, 2.24) is 5.32 Å². The van der Waals surface area contributed by atoms with Gasteiger partial charge in [-0.1, -0.05) is 24.3 Å². The summed E-state index contributed by atoms with van der Waals surface area (Å²) in [7, 11) is 1.63. The van der Waals surface area contributed by atoms with Crippen LogP contribution in [0.3, 0.4) is 0 Å². The summed E-state index contributed by atoms with van der Waals surface area (Å²) in [5, 5.41) is 8.72. The van der Waals surface area contributed by atoms with Gasteiger partial charge in [0.15, 0.2) is 0 Å². The largest absolute Gasteiger partial charge is 0.490 e. The van der Waals surface area contributed by atoms with Gasteiger partial charge in [0.2, 0.25) is 5.91 Å². The number of para-hydroxylation sites is 1. The van der Waals surface area contributed by atoms with Gasteiger partial charge in [0.1, 0.15) is 24.7 Å². The predicted molar refractivity (Wildman–Crippen MR) is 136 cm³/mol. The standard InChI is InChI=1S/C27H31N3O5/c1-33-16-6-15-28-27(32)21-7-5-8-23(19-21)29-20-26(31)30-22-11-13-25(14-12-22)35-18-17-34-24-9-3-2-4-10-24/h2-5,7-14,19,29H,6,15-18,20H2,1H3,(H,28,32)(H,30,31). The molecule has 0 fully saturated rings. The van der Waals surface area contributed by atoms with Gasteiger partial charge >= 0.3 is 0 Å². The highest BCUT2D eigenvalue weighted by atomic mass is 16.5. The van der Waals surface area contributed by atoms with E-state index in [9.17, 15) is 9.59 Å². The first-order chi connectivity index (χ1) is 17.1. The van der Waals surface area contributed by atoms with Crippen LogP contribution in [0.2, 0.25) is 0 Å². The van der Waals surface area contributed by atoms with Crippen LogP contribution in [0, 0.1) is 0 Å². The van der Waals surface area contributed by atoms with Crippen LogP contribution in [0.4, 0.5) is 11.4 Å². The molecule has 3 aromatic carbocycles. The molecule has 8 nitrogen and oxygen atoms in total. The molecule has 0 aliphatic rings. The lowest BCUT2D eigenvalue weighted by molar-refractivity contribution is -0.114. The fourth-order valence-electron chi connectivity index (χ4n) is 3.15. The Morgan fingerprint density at radius 3 is 2.20 bits per heavy atom. The fraction of sp³-hybridized carbons (Fsp3) is 0.259. The topological polar surface area (TPSA) is 97.9 Å². The summed E-state index contributed by atoms with van der Waals surface area (Å²) in [6, 6.07) is 23.7. The van der Waals surface area contributed by atoms with Crippen molar-refractivity contribution in [3.05, 3.63) is 84.4 Å². The lowest BCUT2D eigenvalue weighted by atomic mass is 10.2. The molecule has 0 radical (unpaired) electrons. The highest BCUT2D eigenvalue weighted by Gasteiger charge is 2.07. The normalized spacial score (nSPS) is 10.3. The van der Waals surface area contributed by atoms with Crippen LogP contribution < -0.4 is 25.4 Å². The third-order valence-electron chi connectivity index (χ3n) is 4.89. The Morgan fingerprint density at radius 2 is 1.49 bits per heavy atom. The first-order valence-corrected chi connectivity index (χ1v) is 11.5. The molecule has 35 heavy (non-hydrogen) atoms. The molecule has 8 heteroatoms. The van der Waals surface area contributed by atoms with E-state index >= 15 is 0 Å². The highest BCUT2D eigenvalue weighted by Crippen LogP contribution is 2.16. The van der Waals surface area contributed by atoms with Crippen LogP contribution in [0.5, 0.6) is 11.5 Å². The lowest BCUT2D eigenvalue weighted by Crippen LogP contribution is -2.25. The number of ether oxygens (including phenoxy) is 3. The minimum Gasteiger partial charge on any atom is -0.490 e. The number of anilines is 2. The zero-order chi connectivity index (χ0) is 24.7. The van der Waals surface area contributed by atoms with E-state index in [0.717, 1.165) is 12.2 Å². The zero-order valence-corrected chi connectivity index (χ0v) is 19.8. The van der Waals surface area contributed by atoms with Crippen LogP contribution in [0.1, 0.15) is 16.8 Å². The van der Waals surface area contributed by atoms with Crippen molar-refractivity contribution in [3.8, 4) is 11.5 Å². The number of carbonyl (C=O) groups is 2. The molecule has 0 aliphatic carbocycles. The lowest BCUT2D eigenvalue weighted by Gasteiger charge is -2.11. The molecule has 0 heterocycles. The maximum atomic E-state index is 12.3. The second-order valence-corrected chi connectivity index (χ2v) is 7.62. The van der Waals surface area contributed by atoms with Crippen molar-refractivity contribution in [2.45, 2.75) is 6.42 Å². The van der Waals surface area contributed by atoms with Gasteiger partial charge in [-0.15, -0.1) is 0 Å². The average Bonchev–Trinajstić information content (AvgIpc) is 2.89. The van der Waals surface area contributed by atoms with Crippen LogP contribution in [-0.4, -0.2) is 51.8 Å². The van der Waals surface area contributed by atoms with Crippen LogP contribution >= 0.6 is 0 Å². The van der Waals surface area contributed by atoms with Crippen LogP contribution in [0.25, 0.3) is 0 Å². The summed E-state index contributed by atoms with van der Waals surface area (Å²) in [6.45, 7) is 2.04. The fourth-order valence-corrected chi connectivity index (χ4v) is 3.15. The minimum atomic E-state index is -0.204. The first kappa shape index (κ1) is 25.6. The summed E-state index contributed by atoms with van der Waals surface area (Å²) < 4.78 is 16.2. The molecular weight excluding hydrogens is 446 g/mol. The van der Waals surface area contributed by atoms with Gasteiger partial charge in [-0.25, -0.2) is 0 Å². The highest BCUT2D eigenvalue weighted by molar-refractivity contribution is 5.96. The monoisotopic (exact) mass is 477 g/mol. The van der Waals surface area contributed by atoms with E-state index in [1.807, 2.05) is 36.4 Å². The molecule has 0 aliphatic heterocycles. The van der Waals surface area contributed by atoms with Crippen LogP contribution in [-0.2, 0) is 9.53 Å². The van der Waals surface area contributed by atoms with E-state index in [1.54, 1.807) is 49.6 Å².